The van der Waals surface area contributed by atoms with E-state index in [0.29, 0.717) is 18.7 Å². The van der Waals surface area contributed by atoms with Gasteiger partial charge in [0, 0.05) is 18.7 Å². The van der Waals surface area contributed by atoms with Crippen molar-refractivity contribution >= 4 is 0 Å². The van der Waals surface area contributed by atoms with Crippen molar-refractivity contribution in [1.29, 1.82) is 5.26 Å². The second-order valence-corrected chi connectivity index (χ2v) is 6.71. The minimum atomic E-state index is -1.39. The summed E-state index contributed by atoms with van der Waals surface area (Å²) < 4.78 is 62.6. The lowest BCUT2D eigenvalue weighted by Crippen LogP contribution is -2.30. The number of nitriles is 1. The van der Waals surface area contributed by atoms with Crippen LogP contribution in [0.2, 0.25) is 0 Å². The summed E-state index contributed by atoms with van der Waals surface area (Å²) in [5, 5.41) is 16.9. The van der Waals surface area contributed by atoms with Gasteiger partial charge in [0.1, 0.15) is 11.6 Å². The zero-order valence-corrected chi connectivity index (χ0v) is 15.8. The number of hydrogen-bond acceptors (Lipinski definition) is 4. The largest absolute Gasteiger partial charge is 0.474 e. The molecule has 0 aliphatic rings. The smallest absolute Gasteiger partial charge is 0.192 e. The molecular formula is C20H16F4N4O. The van der Waals surface area contributed by atoms with Crippen LogP contribution in [-0.4, -0.2) is 14.8 Å². The van der Waals surface area contributed by atoms with Crippen LogP contribution in [0, 0.1) is 34.6 Å². The molecule has 0 N–H and O–H groups in total. The molecule has 0 spiro atoms. The van der Waals surface area contributed by atoms with Gasteiger partial charge in [-0.05, 0) is 39.0 Å². The Kier molecular flexibility index (Phi) is 5.29. The number of nitrogens with zero attached hydrogens (tertiary/aromatic N) is 4. The molecule has 0 radical (unpaired) electrons. The molecule has 0 fully saturated rings. The van der Waals surface area contributed by atoms with Gasteiger partial charge in [-0.2, -0.15) is 5.26 Å². The highest BCUT2D eigenvalue weighted by molar-refractivity contribution is 5.58. The van der Waals surface area contributed by atoms with E-state index in [1.165, 1.54) is 30.5 Å². The highest BCUT2D eigenvalue weighted by atomic mass is 19.1. The molecule has 0 aliphatic carbocycles. The molecule has 0 bridgehead atoms. The summed E-state index contributed by atoms with van der Waals surface area (Å²) in [5.74, 6) is -4.53. The predicted molar refractivity (Wildman–Crippen MR) is 95.8 cm³/mol. The molecule has 0 unspecified atom stereocenters. The number of ether oxygens (including phenoxy) is 1. The van der Waals surface area contributed by atoms with E-state index in [1.54, 1.807) is 6.92 Å². The highest BCUT2D eigenvalue weighted by Crippen LogP contribution is 2.33. The van der Waals surface area contributed by atoms with E-state index in [9.17, 15) is 17.6 Å². The summed E-state index contributed by atoms with van der Waals surface area (Å²) in [4.78, 5) is 0. The van der Waals surface area contributed by atoms with E-state index in [2.05, 4.69) is 10.2 Å². The summed E-state index contributed by atoms with van der Waals surface area (Å²) in [6, 6.07) is 6.79. The molecule has 0 saturated heterocycles. The van der Waals surface area contributed by atoms with E-state index in [0.717, 1.165) is 6.07 Å². The molecule has 0 amide bonds. The Hall–Kier alpha value is -3.41. The monoisotopic (exact) mass is 404 g/mol. The summed E-state index contributed by atoms with van der Waals surface area (Å²) >= 11 is 0. The van der Waals surface area contributed by atoms with Gasteiger partial charge in [0.2, 0.25) is 0 Å². The molecule has 0 atom stereocenters. The normalized spacial score (nSPS) is 11.4. The van der Waals surface area contributed by atoms with E-state index in [-0.39, 0.29) is 22.8 Å². The Morgan fingerprint density at radius 3 is 2.24 bits per heavy atom. The predicted octanol–water partition coefficient (Wildman–Crippen LogP) is 4.71. The minimum Gasteiger partial charge on any atom is -0.474 e. The van der Waals surface area contributed by atoms with Crippen LogP contribution in [0.1, 0.15) is 32.2 Å². The van der Waals surface area contributed by atoms with Crippen LogP contribution in [0.5, 0.6) is 5.75 Å². The summed E-state index contributed by atoms with van der Waals surface area (Å²) in [7, 11) is 0. The standard InChI is InChI=1S/C20H16F4N4O/c1-4-28-18(13-6-5-11(10-25)7-14(13)22)26-27-19(28)20(2,3)29-17-15(23)8-12(21)9-16(17)24/h5-9H,4H2,1-3H3. The number of benzene rings is 2. The lowest BCUT2D eigenvalue weighted by molar-refractivity contribution is 0.0824. The number of halogens is 4. The van der Waals surface area contributed by atoms with Crippen LogP contribution in [-0.2, 0) is 12.1 Å². The Labute approximate surface area is 164 Å². The van der Waals surface area contributed by atoms with Crippen LogP contribution in [0.3, 0.4) is 0 Å². The summed E-state index contributed by atoms with van der Waals surface area (Å²) in [6.07, 6.45) is 0. The first-order chi connectivity index (χ1) is 13.7. The second kappa shape index (κ2) is 7.54. The van der Waals surface area contributed by atoms with Crippen molar-refractivity contribution in [3.05, 3.63) is 65.0 Å². The number of rotatable bonds is 5. The quantitative estimate of drug-likeness (QED) is 0.578. The minimum absolute atomic E-state index is 0.111. The van der Waals surface area contributed by atoms with E-state index < -0.39 is 34.6 Å². The van der Waals surface area contributed by atoms with Crippen LogP contribution in [0.25, 0.3) is 11.4 Å². The molecule has 150 valence electrons. The maximum Gasteiger partial charge on any atom is 0.192 e. The van der Waals surface area contributed by atoms with Gasteiger partial charge in [-0.15, -0.1) is 10.2 Å². The van der Waals surface area contributed by atoms with Gasteiger partial charge < -0.3 is 9.30 Å². The van der Waals surface area contributed by atoms with Gasteiger partial charge in [0.05, 0.1) is 17.2 Å². The topological polar surface area (TPSA) is 63.7 Å². The van der Waals surface area contributed by atoms with Crippen molar-refractivity contribution in [3.63, 3.8) is 0 Å². The van der Waals surface area contributed by atoms with Crippen LogP contribution in [0.4, 0.5) is 17.6 Å². The van der Waals surface area contributed by atoms with Gasteiger partial charge in [-0.1, -0.05) is 0 Å². The number of aromatic nitrogens is 3. The third kappa shape index (κ3) is 3.78. The van der Waals surface area contributed by atoms with Crippen molar-refractivity contribution in [2.75, 3.05) is 0 Å². The van der Waals surface area contributed by atoms with Crippen molar-refractivity contribution in [3.8, 4) is 23.2 Å². The number of hydrogen-bond donors (Lipinski definition) is 0. The van der Waals surface area contributed by atoms with Crippen LogP contribution >= 0.6 is 0 Å². The van der Waals surface area contributed by atoms with Crippen molar-refractivity contribution in [2.45, 2.75) is 32.9 Å². The van der Waals surface area contributed by atoms with E-state index >= 15 is 0 Å². The van der Waals surface area contributed by atoms with Crippen LogP contribution in [0.15, 0.2) is 30.3 Å². The molecule has 5 nitrogen and oxygen atoms in total. The Morgan fingerprint density at radius 1 is 1.03 bits per heavy atom. The lowest BCUT2D eigenvalue weighted by atomic mass is 10.1. The van der Waals surface area contributed by atoms with E-state index in [4.69, 9.17) is 10.00 Å². The van der Waals surface area contributed by atoms with Gasteiger partial charge in [0.25, 0.3) is 0 Å². The van der Waals surface area contributed by atoms with Gasteiger partial charge >= 0.3 is 0 Å². The van der Waals surface area contributed by atoms with Crippen molar-refractivity contribution in [2.24, 2.45) is 0 Å². The SMILES string of the molecule is CCn1c(-c2ccc(C#N)cc2F)nnc1C(C)(C)Oc1c(F)cc(F)cc1F. The second-order valence-electron chi connectivity index (χ2n) is 6.71. The summed E-state index contributed by atoms with van der Waals surface area (Å²) in [6.45, 7) is 5.07. The molecule has 0 aliphatic heterocycles. The molecular weight excluding hydrogens is 388 g/mol. The fourth-order valence-corrected chi connectivity index (χ4v) is 2.94. The third-order valence-electron chi connectivity index (χ3n) is 4.26. The molecule has 2 aromatic carbocycles. The molecule has 3 rings (SSSR count). The molecule has 3 aromatic rings. The fraction of sp³-hybridized carbons (Fsp3) is 0.250. The third-order valence-corrected chi connectivity index (χ3v) is 4.26. The summed E-state index contributed by atoms with van der Waals surface area (Å²) in [5.41, 5.74) is -1.12. The fourth-order valence-electron chi connectivity index (χ4n) is 2.94. The molecule has 0 saturated carbocycles. The molecule has 29 heavy (non-hydrogen) atoms. The van der Waals surface area contributed by atoms with E-state index in [1.807, 2.05) is 6.07 Å². The lowest BCUT2D eigenvalue weighted by Gasteiger charge is -2.26. The van der Waals surface area contributed by atoms with Gasteiger partial charge in [-0.3, -0.25) is 0 Å². The van der Waals surface area contributed by atoms with Gasteiger partial charge in [-0.25, -0.2) is 17.6 Å². The molecule has 1 heterocycles. The maximum absolute atomic E-state index is 14.4. The zero-order chi connectivity index (χ0) is 21.3. The average Bonchev–Trinajstić information content (AvgIpc) is 3.09. The first kappa shape index (κ1) is 20.3. The maximum atomic E-state index is 14.4. The van der Waals surface area contributed by atoms with Crippen LogP contribution < -0.4 is 4.74 Å². The molecule has 9 heteroatoms. The molecule has 1 aromatic heterocycles. The Bertz CT molecular complexity index is 1100. The van der Waals surface area contributed by atoms with Crippen molar-refractivity contribution < 1.29 is 22.3 Å². The first-order valence-electron chi connectivity index (χ1n) is 8.65. The first-order valence-corrected chi connectivity index (χ1v) is 8.65. The Balaban J connectivity index is 2.05. The van der Waals surface area contributed by atoms with Crippen molar-refractivity contribution in [1.82, 2.24) is 14.8 Å². The van der Waals surface area contributed by atoms with Gasteiger partial charge in [0.15, 0.2) is 34.6 Å². The average molecular weight is 404 g/mol. The highest BCUT2D eigenvalue weighted by Gasteiger charge is 2.33. The zero-order valence-electron chi connectivity index (χ0n) is 15.8. The Morgan fingerprint density at radius 2 is 1.69 bits per heavy atom.